The van der Waals surface area contributed by atoms with Crippen molar-refractivity contribution < 1.29 is 0 Å². The molecule has 0 unspecified atom stereocenters. The summed E-state index contributed by atoms with van der Waals surface area (Å²) < 4.78 is 0. The lowest BCUT2D eigenvalue weighted by molar-refractivity contribution is 1.36. The van der Waals surface area contributed by atoms with E-state index < -0.39 is 0 Å². The number of benzene rings is 2. The van der Waals surface area contributed by atoms with Gasteiger partial charge < -0.3 is 0 Å². The molecule has 102 valence electrons. The molecule has 0 N–H and O–H groups in total. The molecule has 0 bridgehead atoms. The molecule has 0 saturated carbocycles. The van der Waals surface area contributed by atoms with Crippen molar-refractivity contribution in [2.75, 3.05) is 0 Å². The number of aliphatic imine (C=N–C) groups is 2. The highest BCUT2D eigenvalue weighted by molar-refractivity contribution is 7.00. The van der Waals surface area contributed by atoms with Gasteiger partial charge in [-0.15, -0.1) is 0 Å². The van der Waals surface area contributed by atoms with Gasteiger partial charge >= 0.3 is 0 Å². The SMILES string of the molecule is Cc1cc(C)cc(N=C(Cl)C(Cl)=Nc2ccccc2)c1. The standard InChI is InChI=1S/C16H14Cl2N2/c1-11-8-12(2)10-14(9-11)20-16(18)15(17)19-13-6-4-3-5-7-13/h3-10H,1-2H3. The minimum atomic E-state index is 0.178. The maximum atomic E-state index is 6.11. The molecule has 0 aliphatic rings. The fourth-order valence-electron chi connectivity index (χ4n) is 1.84. The van der Waals surface area contributed by atoms with Crippen LogP contribution in [0.15, 0.2) is 58.5 Å². The van der Waals surface area contributed by atoms with Gasteiger partial charge in [0, 0.05) is 0 Å². The predicted octanol–water partition coefficient (Wildman–Crippen LogP) is 5.54. The second-order valence-corrected chi connectivity index (χ2v) is 5.20. The third-order valence-corrected chi connectivity index (χ3v) is 3.21. The van der Waals surface area contributed by atoms with Gasteiger partial charge in [0.2, 0.25) is 0 Å². The second-order valence-electron chi connectivity index (χ2n) is 4.49. The summed E-state index contributed by atoms with van der Waals surface area (Å²) in [6.07, 6.45) is 0. The molecule has 0 saturated heterocycles. The summed E-state index contributed by atoms with van der Waals surface area (Å²) in [6, 6.07) is 15.4. The molecule has 0 fully saturated rings. The van der Waals surface area contributed by atoms with Crippen molar-refractivity contribution in [2.45, 2.75) is 13.8 Å². The lowest BCUT2D eigenvalue weighted by Crippen LogP contribution is -1.98. The largest absolute Gasteiger partial charge is 0.233 e. The van der Waals surface area contributed by atoms with Crippen LogP contribution >= 0.6 is 23.2 Å². The van der Waals surface area contributed by atoms with Crippen molar-refractivity contribution in [3.05, 3.63) is 59.7 Å². The van der Waals surface area contributed by atoms with Crippen LogP contribution in [0.25, 0.3) is 0 Å². The Bertz CT molecular complexity index is 641. The summed E-state index contributed by atoms with van der Waals surface area (Å²) in [7, 11) is 0. The molecule has 0 aromatic heterocycles. The van der Waals surface area contributed by atoms with Gasteiger partial charge in [-0.2, -0.15) is 0 Å². The van der Waals surface area contributed by atoms with Crippen LogP contribution in [0, 0.1) is 13.8 Å². The number of halogens is 2. The lowest BCUT2D eigenvalue weighted by atomic mass is 10.1. The van der Waals surface area contributed by atoms with Crippen molar-refractivity contribution in [1.82, 2.24) is 0 Å². The van der Waals surface area contributed by atoms with Crippen LogP contribution in [0.4, 0.5) is 11.4 Å². The fourth-order valence-corrected chi connectivity index (χ4v) is 2.12. The Kier molecular flexibility index (Phi) is 4.94. The molecule has 2 rings (SSSR count). The van der Waals surface area contributed by atoms with E-state index in [-0.39, 0.29) is 10.3 Å². The van der Waals surface area contributed by atoms with E-state index in [2.05, 4.69) is 16.1 Å². The zero-order valence-electron chi connectivity index (χ0n) is 11.3. The molecule has 0 spiro atoms. The van der Waals surface area contributed by atoms with Gasteiger partial charge in [0.05, 0.1) is 11.4 Å². The molecule has 0 aliphatic carbocycles. The van der Waals surface area contributed by atoms with Crippen LogP contribution in [0.5, 0.6) is 0 Å². The van der Waals surface area contributed by atoms with Gasteiger partial charge in [0.1, 0.15) is 0 Å². The lowest BCUT2D eigenvalue weighted by Gasteiger charge is -2.01. The summed E-state index contributed by atoms with van der Waals surface area (Å²) in [5.74, 6) is 0. The molecule has 0 atom stereocenters. The summed E-state index contributed by atoms with van der Waals surface area (Å²) in [4.78, 5) is 8.52. The molecule has 2 nitrogen and oxygen atoms in total. The van der Waals surface area contributed by atoms with Crippen molar-refractivity contribution in [3.63, 3.8) is 0 Å². The minimum absolute atomic E-state index is 0.178. The number of hydrogen-bond acceptors (Lipinski definition) is 2. The van der Waals surface area contributed by atoms with Crippen LogP contribution in [0.1, 0.15) is 11.1 Å². The third-order valence-electron chi connectivity index (χ3n) is 2.59. The average Bonchev–Trinajstić information content (AvgIpc) is 2.38. The summed E-state index contributed by atoms with van der Waals surface area (Å²) in [6.45, 7) is 4.03. The fraction of sp³-hybridized carbons (Fsp3) is 0.125. The highest BCUT2D eigenvalue weighted by Crippen LogP contribution is 2.19. The highest BCUT2D eigenvalue weighted by Gasteiger charge is 2.04. The molecule has 2 aromatic rings. The van der Waals surface area contributed by atoms with E-state index in [0.717, 1.165) is 22.5 Å². The van der Waals surface area contributed by atoms with E-state index in [1.165, 1.54) is 0 Å². The molecule has 2 aromatic carbocycles. The van der Waals surface area contributed by atoms with E-state index >= 15 is 0 Å². The van der Waals surface area contributed by atoms with Crippen LogP contribution < -0.4 is 0 Å². The minimum Gasteiger partial charge on any atom is -0.233 e. The Morgan fingerprint density at radius 2 is 1.25 bits per heavy atom. The molecule has 0 aliphatic heterocycles. The Morgan fingerprint density at radius 3 is 1.80 bits per heavy atom. The zero-order valence-corrected chi connectivity index (χ0v) is 12.8. The van der Waals surface area contributed by atoms with Crippen molar-refractivity contribution in [3.8, 4) is 0 Å². The van der Waals surface area contributed by atoms with Crippen molar-refractivity contribution in [2.24, 2.45) is 9.98 Å². The van der Waals surface area contributed by atoms with Gasteiger partial charge in [0.15, 0.2) is 10.3 Å². The Labute approximate surface area is 128 Å². The molecule has 4 heteroatoms. The topological polar surface area (TPSA) is 24.7 Å². The average molecular weight is 305 g/mol. The van der Waals surface area contributed by atoms with E-state index in [0.29, 0.717) is 0 Å². The number of para-hydroxylation sites is 1. The highest BCUT2D eigenvalue weighted by atomic mass is 35.5. The van der Waals surface area contributed by atoms with Gasteiger partial charge in [-0.1, -0.05) is 47.5 Å². The van der Waals surface area contributed by atoms with Gasteiger partial charge in [-0.3, -0.25) is 0 Å². The van der Waals surface area contributed by atoms with Crippen LogP contribution in [0.3, 0.4) is 0 Å². The molecular formula is C16H14Cl2N2. The molecule has 0 amide bonds. The van der Waals surface area contributed by atoms with Crippen LogP contribution in [-0.4, -0.2) is 10.3 Å². The summed E-state index contributed by atoms with van der Waals surface area (Å²) >= 11 is 12.2. The predicted molar refractivity (Wildman–Crippen MR) is 88.3 cm³/mol. The quantitative estimate of drug-likeness (QED) is 0.665. The van der Waals surface area contributed by atoms with Gasteiger partial charge in [0.25, 0.3) is 0 Å². The normalized spacial score (nSPS) is 12.6. The first kappa shape index (κ1) is 14.8. The second kappa shape index (κ2) is 6.69. The number of rotatable bonds is 3. The van der Waals surface area contributed by atoms with Crippen LogP contribution in [0.2, 0.25) is 0 Å². The Balaban J connectivity index is 2.28. The first-order chi connectivity index (χ1) is 9.54. The first-order valence-electron chi connectivity index (χ1n) is 6.17. The summed E-state index contributed by atoms with van der Waals surface area (Å²) in [5.41, 5.74) is 3.77. The van der Waals surface area contributed by atoms with Gasteiger partial charge in [-0.25, -0.2) is 9.98 Å². The van der Waals surface area contributed by atoms with E-state index in [1.54, 1.807) is 0 Å². The number of hydrogen-bond donors (Lipinski definition) is 0. The Hall–Kier alpha value is -1.64. The maximum Gasteiger partial charge on any atom is 0.166 e. The molecule has 20 heavy (non-hydrogen) atoms. The molecule has 0 heterocycles. The number of aryl methyl sites for hydroxylation is 2. The zero-order chi connectivity index (χ0) is 14.5. The molecule has 0 radical (unpaired) electrons. The van der Waals surface area contributed by atoms with E-state index in [4.69, 9.17) is 23.2 Å². The Morgan fingerprint density at radius 1 is 0.750 bits per heavy atom. The molecular weight excluding hydrogens is 291 g/mol. The maximum absolute atomic E-state index is 6.11. The van der Waals surface area contributed by atoms with E-state index in [1.807, 2.05) is 56.3 Å². The first-order valence-corrected chi connectivity index (χ1v) is 6.92. The van der Waals surface area contributed by atoms with Crippen molar-refractivity contribution in [1.29, 1.82) is 0 Å². The van der Waals surface area contributed by atoms with E-state index in [9.17, 15) is 0 Å². The smallest absolute Gasteiger partial charge is 0.166 e. The van der Waals surface area contributed by atoms with Crippen LogP contribution in [-0.2, 0) is 0 Å². The monoisotopic (exact) mass is 304 g/mol. The summed E-state index contributed by atoms with van der Waals surface area (Å²) in [5, 5.41) is 0.359. The van der Waals surface area contributed by atoms with Crippen molar-refractivity contribution >= 4 is 44.9 Å². The number of nitrogens with zero attached hydrogens (tertiary/aromatic N) is 2. The van der Waals surface area contributed by atoms with Gasteiger partial charge in [-0.05, 0) is 49.2 Å². The third kappa shape index (κ3) is 4.19.